The second-order valence-corrected chi connectivity index (χ2v) is 5.60. The van der Waals surface area contributed by atoms with E-state index in [0.717, 1.165) is 19.4 Å². The van der Waals surface area contributed by atoms with E-state index in [4.69, 9.17) is 0 Å². The molecule has 2 heteroatoms. The molecule has 1 unspecified atom stereocenters. The van der Waals surface area contributed by atoms with Gasteiger partial charge in [0.15, 0.2) is 0 Å². The summed E-state index contributed by atoms with van der Waals surface area (Å²) in [4.78, 5) is 6.98. The number of nitrogens with zero attached hydrogens (tertiary/aromatic N) is 2. The molecule has 0 radical (unpaired) electrons. The Kier molecular flexibility index (Phi) is 2.80. The third-order valence-electron chi connectivity index (χ3n) is 4.41. The first-order valence-electron chi connectivity index (χ1n) is 7.39. The van der Waals surface area contributed by atoms with Gasteiger partial charge in [0, 0.05) is 24.4 Å². The van der Waals surface area contributed by atoms with E-state index in [1.807, 2.05) is 12.3 Å². The molecule has 1 aliphatic heterocycles. The number of benzene rings is 1. The number of hydrogen-bond acceptors (Lipinski definition) is 2. The highest BCUT2D eigenvalue weighted by Gasteiger charge is 2.27. The zero-order valence-corrected chi connectivity index (χ0v) is 11.5. The van der Waals surface area contributed by atoms with Crippen molar-refractivity contribution in [3.63, 3.8) is 0 Å². The van der Waals surface area contributed by atoms with Crippen molar-refractivity contribution in [2.24, 2.45) is 0 Å². The standard InChI is InChI=1S/C18H18N2/c1-2-5-14(6-3-1)16-8-9-17(13-16)20-12-10-15-7-4-11-19-18(15)20/h1-7,11,13,16H,8-10,12H2. The Morgan fingerprint density at radius 2 is 1.90 bits per heavy atom. The number of fused-ring (bicyclic) bond motifs is 1. The molecule has 1 aromatic heterocycles. The van der Waals surface area contributed by atoms with E-state index in [9.17, 15) is 0 Å². The quantitative estimate of drug-likeness (QED) is 0.816. The van der Waals surface area contributed by atoms with E-state index < -0.39 is 0 Å². The fourth-order valence-corrected chi connectivity index (χ4v) is 3.38. The third kappa shape index (κ3) is 1.92. The SMILES string of the molecule is C1=C(N2CCc3cccnc32)CCC1c1ccccc1. The third-order valence-corrected chi connectivity index (χ3v) is 4.41. The van der Waals surface area contributed by atoms with E-state index in [2.05, 4.69) is 52.4 Å². The lowest BCUT2D eigenvalue weighted by Gasteiger charge is -2.19. The predicted octanol–water partition coefficient (Wildman–Crippen LogP) is 3.91. The molecular weight excluding hydrogens is 244 g/mol. The highest BCUT2D eigenvalue weighted by molar-refractivity contribution is 5.57. The van der Waals surface area contributed by atoms with Gasteiger partial charge in [0.25, 0.3) is 0 Å². The average Bonchev–Trinajstić information content (AvgIpc) is 3.14. The summed E-state index contributed by atoms with van der Waals surface area (Å²) in [6.45, 7) is 1.08. The molecule has 0 N–H and O–H groups in total. The molecule has 0 spiro atoms. The Balaban J connectivity index is 1.62. The second-order valence-electron chi connectivity index (χ2n) is 5.60. The van der Waals surface area contributed by atoms with Gasteiger partial charge in [-0.1, -0.05) is 42.5 Å². The largest absolute Gasteiger partial charge is 0.330 e. The molecular formula is C18H18N2. The molecule has 0 amide bonds. The number of hydrogen-bond donors (Lipinski definition) is 0. The van der Waals surface area contributed by atoms with Crippen LogP contribution >= 0.6 is 0 Å². The van der Waals surface area contributed by atoms with Crippen molar-refractivity contribution < 1.29 is 0 Å². The van der Waals surface area contributed by atoms with Crippen LogP contribution in [0.25, 0.3) is 0 Å². The highest BCUT2D eigenvalue weighted by atomic mass is 15.2. The van der Waals surface area contributed by atoms with Gasteiger partial charge < -0.3 is 4.90 Å². The van der Waals surface area contributed by atoms with Crippen LogP contribution in [0, 0.1) is 0 Å². The average molecular weight is 262 g/mol. The van der Waals surface area contributed by atoms with Crippen LogP contribution in [0.4, 0.5) is 5.82 Å². The van der Waals surface area contributed by atoms with Crippen molar-refractivity contribution in [1.82, 2.24) is 4.98 Å². The molecule has 0 saturated heterocycles. The lowest BCUT2D eigenvalue weighted by molar-refractivity contribution is 0.778. The van der Waals surface area contributed by atoms with Gasteiger partial charge in [-0.3, -0.25) is 0 Å². The van der Waals surface area contributed by atoms with Crippen LogP contribution in [0.3, 0.4) is 0 Å². The van der Waals surface area contributed by atoms with Crippen LogP contribution in [0.1, 0.15) is 29.9 Å². The first-order chi connectivity index (χ1) is 9.92. The van der Waals surface area contributed by atoms with Crippen LogP contribution in [0.5, 0.6) is 0 Å². The minimum Gasteiger partial charge on any atom is -0.330 e. The van der Waals surface area contributed by atoms with Crippen molar-refractivity contribution in [3.05, 3.63) is 71.6 Å². The minimum atomic E-state index is 0.568. The maximum Gasteiger partial charge on any atom is 0.135 e. The second kappa shape index (κ2) is 4.78. The molecule has 100 valence electrons. The van der Waals surface area contributed by atoms with E-state index in [-0.39, 0.29) is 0 Å². The number of allylic oxidation sites excluding steroid dienone is 2. The maximum atomic E-state index is 4.57. The molecule has 20 heavy (non-hydrogen) atoms. The minimum absolute atomic E-state index is 0.568. The monoisotopic (exact) mass is 262 g/mol. The molecule has 0 saturated carbocycles. The number of pyridine rings is 1. The van der Waals surface area contributed by atoms with Crippen LogP contribution in [0.15, 0.2) is 60.4 Å². The lowest BCUT2D eigenvalue weighted by atomic mass is 9.99. The molecule has 0 bridgehead atoms. The summed E-state index contributed by atoms with van der Waals surface area (Å²) in [5.74, 6) is 1.74. The number of aromatic nitrogens is 1. The molecule has 1 aliphatic carbocycles. The van der Waals surface area contributed by atoms with Gasteiger partial charge in [0.2, 0.25) is 0 Å². The summed E-state index contributed by atoms with van der Waals surface area (Å²) in [6, 6.07) is 15.1. The molecule has 4 rings (SSSR count). The van der Waals surface area contributed by atoms with E-state index in [1.165, 1.54) is 29.1 Å². The van der Waals surface area contributed by atoms with Gasteiger partial charge in [0.05, 0.1) is 0 Å². The van der Waals surface area contributed by atoms with Crippen molar-refractivity contribution in [2.45, 2.75) is 25.2 Å². The first-order valence-corrected chi connectivity index (χ1v) is 7.39. The molecule has 2 aromatic rings. The fourth-order valence-electron chi connectivity index (χ4n) is 3.38. The summed E-state index contributed by atoms with van der Waals surface area (Å²) in [7, 11) is 0. The molecule has 2 heterocycles. The fraction of sp³-hybridized carbons (Fsp3) is 0.278. The Hall–Kier alpha value is -2.09. The number of anilines is 1. The molecule has 2 nitrogen and oxygen atoms in total. The number of rotatable bonds is 2. The topological polar surface area (TPSA) is 16.1 Å². The zero-order chi connectivity index (χ0) is 13.4. The van der Waals surface area contributed by atoms with Gasteiger partial charge >= 0.3 is 0 Å². The van der Waals surface area contributed by atoms with Crippen LogP contribution < -0.4 is 4.90 Å². The van der Waals surface area contributed by atoms with E-state index >= 15 is 0 Å². The molecule has 1 atom stereocenters. The van der Waals surface area contributed by atoms with Crippen molar-refractivity contribution in [1.29, 1.82) is 0 Å². The predicted molar refractivity (Wildman–Crippen MR) is 81.8 cm³/mol. The molecule has 1 aromatic carbocycles. The Morgan fingerprint density at radius 3 is 2.80 bits per heavy atom. The highest BCUT2D eigenvalue weighted by Crippen LogP contribution is 2.38. The van der Waals surface area contributed by atoms with E-state index in [0.29, 0.717) is 5.92 Å². The summed E-state index contributed by atoms with van der Waals surface area (Å²) in [5, 5.41) is 0. The van der Waals surface area contributed by atoms with Crippen molar-refractivity contribution >= 4 is 5.82 Å². The van der Waals surface area contributed by atoms with Crippen molar-refractivity contribution in [2.75, 3.05) is 11.4 Å². The summed E-state index contributed by atoms with van der Waals surface area (Å²) in [6.07, 6.45) is 7.85. The summed E-state index contributed by atoms with van der Waals surface area (Å²) >= 11 is 0. The van der Waals surface area contributed by atoms with Gasteiger partial charge in [-0.2, -0.15) is 0 Å². The van der Waals surface area contributed by atoms with Gasteiger partial charge in [-0.05, 0) is 36.5 Å². The van der Waals surface area contributed by atoms with Gasteiger partial charge in [-0.25, -0.2) is 4.98 Å². The Labute approximate surface area is 119 Å². The molecule has 2 aliphatic rings. The summed E-state index contributed by atoms with van der Waals surface area (Å²) in [5.41, 5.74) is 4.27. The van der Waals surface area contributed by atoms with Crippen LogP contribution in [-0.4, -0.2) is 11.5 Å². The first kappa shape index (κ1) is 11.7. The normalized spacial score (nSPS) is 20.9. The maximum absolute atomic E-state index is 4.57. The zero-order valence-electron chi connectivity index (χ0n) is 11.5. The Bertz CT molecular complexity index is 645. The van der Waals surface area contributed by atoms with E-state index in [1.54, 1.807) is 0 Å². The Morgan fingerprint density at radius 1 is 1.00 bits per heavy atom. The lowest BCUT2D eigenvalue weighted by Crippen LogP contribution is -2.19. The van der Waals surface area contributed by atoms with Crippen LogP contribution in [0.2, 0.25) is 0 Å². The van der Waals surface area contributed by atoms with Crippen molar-refractivity contribution in [3.8, 4) is 0 Å². The van der Waals surface area contributed by atoms with Gasteiger partial charge in [-0.15, -0.1) is 0 Å². The smallest absolute Gasteiger partial charge is 0.135 e. The van der Waals surface area contributed by atoms with Crippen LogP contribution in [-0.2, 0) is 6.42 Å². The molecule has 0 fully saturated rings. The van der Waals surface area contributed by atoms with Gasteiger partial charge in [0.1, 0.15) is 5.82 Å². The summed E-state index contributed by atoms with van der Waals surface area (Å²) < 4.78 is 0.